The fourth-order valence-corrected chi connectivity index (χ4v) is 2.22. The van der Waals surface area contributed by atoms with Crippen molar-refractivity contribution in [1.82, 2.24) is 10.3 Å². The Morgan fingerprint density at radius 1 is 1.35 bits per heavy atom. The highest BCUT2D eigenvalue weighted by Crippen LogP contribution is 2.20. The number of aromatic nitrogens is 1. The van der Waals surface area contributed by atoms with Crippen LogP contribution in [0.4, 0.5) is 0 Å². The predicted octanol–water partition coefficient (Wildman–Crippen LogP) is 2.31. The maximum Gasteiger partial charge on any atom is 0.220 e. The zero-order valence-corrected chi connectivity index (χ0v) is 13.0. The number of nitrogens with zero attached hydrogens (tertiary/aromatic N) is 1. The average molecular weight is 281 g/mol. The van der Waals surface area contributed by atoms with Crippen LogP contribution in [0.2, 0.25) is 0 Å². The minimum Gasteiger partial charge on any atom is -0.444 e. The molecule has 20 heavy (non-hydrogen) atoms. The topological polar surface area (TPSA) is 81.2 Å². The fraction of sp³-hybridized carbons (Fsp3) is 0.733. The third-order valence-corrected chi connectivity index (χ3v) is 3.73. The van der Waals surface area contributed by atoms with Crippen LogP contribution in [-0.4, -0.2) is 17.4 Å². The van der Waals surface area contributed by atoms with Gasteiger partial charge < -0.3 is 15.5 Å². The summed E-state index contributed by atoms with van der Waals surface area (Å²) < 4.78 is 5.42. The lowest BCUT2D eigenvalue weighted by atomic mass is 9.88. The molecule has 0 aliphatic carbocycles. The second kappa shape index (κ2) is 8.04. The Morgan fingerprint density at radius 3 is 2.55 bits per heavy atom. The molecule has 114 valence electrons. The molecule has 3 N–H and O–H groups in total. The van der Waals surface area contributed by atoms with Gasteiger partial charge in [0.2, 0.25) is 11.8 Å². The summed E-state index contributed by atoms with van der Waals surface area (Å²) in [5, 5.41) is 2.85. The van der Waals surface area contributed by atoms with Crippen molar-refractivity contribution in [3.63, 3.8) is 0 Å². The molecule has 0 aliphatic heterocycles. The number of nitrogens with two attached hydrogens (primary N) is 1. The van der Waals surface area contributed by atoms with E-state index >= 15 is 0 Å². The van der Waals surface area contributed by atoms with Gasteiger partial charge in [-0.05, 0) is 45.1 Å². The summed E-state index contributed by atoms with van der Waals surface area (Å²) in [6.07, 6.45) is 2.38. The Labute approximate surface area is 121 Å². The average Bonchev–Trinajstić information content (AvgIpc) is 2.71. The third kappa shape index (κ3) is 5.33. The van der Waals surface area contributed by atoms with Crippen LogP contribution in [0.5, 0.6) is 0 Å². The molecule has 0 radical (unpaired) electrons. The highest BCUT2D eigenvalue weighted by molar-refractivity contribution is 5.75. The molecule has 1 heterocycles. The summed E-state index contributed by atoms with van der Waals surface area (Å²) in [5.74, 6) is 2.48. The Bertz CT molecular complexity index is 407. The summed E-state index contributed by atoms with van der Waals surface area (Å²) in [6.45, 7) is 9.15. The number of carbonyl (C=O) groups is 1. The monoisotopic (exact) mass is 281 g/mol. The minimum absolute atomic E-state index is 0.0428. The van der Waals surface area contributed by atoms with Gasteiger partial charge in [0.25, 0.3) is 0 Å². The van der Waals surface area contributed by atoms with Crippen molar-refractivity contribution in [3.05, 3.63) is 17.3 Å². The van der Waals surface area contributed by atoms with E-state index in [-0.39, 0.29) is 5.91 Å². The third-order valence-electron chi connectivity index (χ3n) is 3.73. The number of hydrogen-bond acceptors (Lipinski definition) is 4. The van der Waals surface area contributed by atoms with Gasteiger partial charge in [-0.2, -0.15) is 0 Å². The minimum atomic E-state index is 0.0428. The molecule has 0 aromatic carbocycles. The van der Waals surface area contributed by atoms with E-state index < -0.39 is 0 Å². The van der Waals surface area contributed by atoms with Crippen molar-refractivity contribution >= 4 is 5.91 Å². The fourth-order valence-electron chi connectivity index (χ4n) is 2.22. The van der Waals surface area contributed by atoms with Crippen molar-refractivity contribution < 1.29 is 9.21 Å². The van der Waals surface area contributed by atoms with Gasteiger partial charge in [0.1, 0.15) is 5.76 Å². The van der Waals surface area contributed by atoms with Crippen LogP contribution in [0.1, 0.15) is 50.5 Å². The van der Waals surface area contributed by atoms with E-state index in [9.17, 15) is 4.79 Å². The van der Waals surface area contributed by atoms with Gasteiger partial charge in [-0.15, -0.1) is 0 Å². The number of nitrogens with one attached hydrogen (secondary N) is 1. The molecule has 0 spiro atoms. The van der Waals surface area contributed by atoms with Gasteiger partial charge in [-0.1, -0.05) is 13.8 Å². The predicted molar refractivity (Wildman–Crippen MR) is 79.1 cm³/mol. The maximum absolute atomic E-state index is 11.8. The van der Waals surface area contributed by atoms with Crippen LogP contribution in [0.15, 0.2) is 4.42 Å². The first-order chi connectivity index (χ1) is 9.43. The molecule has 0 saturated carbocycles. The summed E-state index contributed by atoms with van der Waals surface area (Å²) in [5.41, 5.74) is 6.48. The van der Waals surface area contributed by atoms with E-state index in [1.807, 2.05) is 13.8 Å². The molecule has 1 unspecified atom stereocenters. The standard InChI is InChI=1S/C15H27N3O2/c1-10(2)13(7-8-16)5-6-14(19)17-9-15-18-11(3)12(4)20-15/h10,13H,5-9,16H2,1-4H3,(H,17,19). The van der Waals surface area contributed by atoms with Crippen molar-refractivity contribution in [3.8, 4) is 0 Å². The highest BCUT2D eigenvalue weighted by Gasteiger charge is 2.14. The van der Waals surface area contributed by atoms with Crippen LogP contribution in [0.25, 0.3) is 0 Å². The molecule has 1 rings (SSSR count). The summed E-state index contributed by atoms with van der Waals surface area (Å²) in [7, 11) is 0. The number of carbonyl (C=O) groups excluding carboxylic acids is 1. The number of amides is 1. The van der Waals surface area contributed by atoms with Crippen molar-refractivity contribution in [2.24, 2.45) is 17.6 Å². The van der Waals surface area contributed by atoms with Crippen LogP contribution >= 0.6 is 0 Å². The molecule has 0 aliphatic rings. The first-order valence-electron chi connectivity index (χ1n) is 7.33. The lowest BCUT2D eigenvalue weighted by molar-refractivity contribution is -0.121. The first kappa shape index (κ1) is 16.7. The Morgan fingerprint density at radius 2 is 2.05 bits per heavy atom. The van der Waals surface area contributed by atoms with Gasteiger partial charge >= 0.3 is 0 Å². The zero-order chi connectivity index (χ0) is 15.1. The summed E-state index contributed by atoms with van der Waals surface area (Å²) in [4.78, 5) is 16.1. The van der Waals surface area contributed by atoms with Gasteiger partial charge in [-0.25, -0.2) is 4.98 Å². The van der Waals surface area contributed by atoms with Crippen molar-refractivity contribution in [1.29, 1.82) is 0 Å². The van der Waals surface area contributed by atoms with Gasteiger partial charge in [0.15, 0.2) is 0 Å². The van der Waals surface area contributed by atoms with Crippen molar-refractivity contribution in [2.45, 2.75) is 53.5 Å². The Balaban J connectivity index is 2.32. The van der Waals surface area contributed by atoms with E-state index in [4.69, 9.17) is 10.2 Å². The molecule has 1 aromatic heterocycles. The molecular weight excluding hydrogens is 254 g/mol. The summed E-state index contributed by atoms with van der Waals surface area (Å²) >= 11 is 0. The van der Waals surface area contributed by atoms with E-state index in [1.165, 1.54) is 0 Å². The lowest BCUT2D eigenvalue weighted by Crippen LogP contribution is -2.24. The van der Waals surface area contributed by atoms with Crippen LogP contribution in [0.3, 0.4) is 0 Å². The maximum atomic E-state index is 11.8. The molecule has 1 amide bonds. The molecule has 0 fully saturated rings. The Kier molecular flexibility index (Phi) is 6.71. The van der Waals surface area contributed by atoms with Gasteiger partial charge in [0, 0.05) is 6.42 Å². The second-order valence-electron chi connectivity index (χ2n) is 5.65. The van der Waals surface area contributed by atoms with Crippen molar-refractivity contribution in [2.75, 3.05) is 6.54 Å². The second-order valence-corrected chi connectivity index (χ2v) is 5.65. The smallest absolute Gasteiger partial charge is 0.220 e. The quantitative estimate of drug-likeness (QED) is 0.766. The lowest BCUT2D eigenvalue weighted by Gasteiger charge is -2.19. The van der Waals surface area contributed by atoms with Crippen LogP contribution in [-0.2, 0) is 11.3 Å². The number of oxazole rings is 1. The highest BCUT2D eigenvalue weighted by atomic mass is 16.4. The zero-order valence-electron chi connectivity index (χ0n) is 13.0. The molecular formula is C15H27N3O2. The largest absolute Gasteiger partial charge is 0.444 e. The first-order valence-corrected chi connectivity index (χ1v) is 7.33. The van der Waals surface area contributed by atoms with Gasteiger partial charge in [0.05, 0.1) is 12.2 Å². The molecule has 1 aromatic rings. The molecule has 0 bridgehead atoms. The molecule has 0 saturated heterocycles. The number of hydrogen-bond donors (Lipinski definition) is 2. The number of rotatable bonds is 8. The normalized spacial score (nSPS) is 12.7. The van der Waals surface area contributed by atoms with Gasteiger partial charge in [-0.3, -0.25) is 4.79 Å². The molecule has 5 nitrogen and oxygen atoms in total. The van der Waals surface area contributed by atoms with E-state index in [0.717, 1.165) is 24.3 Å². The van der Waals surface area contributed by atoms with Crippen LogP contribution in [0, 0.1) is 25.7 Å². The Hall–Kier alpha value is -1.36. The molecule has 5 heteroatoms. The van der Waals surface area contributed by atoms with E-state index in [1.54, 1.807) is 0 Å². The number of aryl methyl sites for hydroxylation is 2. The van der Waals surface area contributed by atoms with Crippen LogP contribution < -0.4 is 11.1 Å². The molecule has 1 atom stereocenters. The SMILES string of the molecule is Cc1nc(CNC(=O)CCC(CCN)C(C)C)oc1C. The van der Waals surface area contributed by atoms with E-state index in [0.29, 0.717) is 37.2 Å². The van der Waals surface area contributed by atoms with E-state index in [2.05, 4.69) is 24.1 Å². The summed E-state index contributed by atoms with van der Waals surface area (Å²) in [6, 6.07) is 0.